The first-order chi connectivity index (χ1) is 11.6. The number of hydrogen-bond donors (Lipinski definition) is 1. The number of carbonyl (C=O) groups excluding carboxylic acids is 1. The lowest BCUT2D eigenvalue weighted by Gasteiger charge is -2.40. The van der Waals surface area contributed by atoms with Gasteiger partial charge in [0.15, 0.2) is 5.58 Å². The van der Waals surface area contributed by atoms with Gasteiger partial charge in [0.2, 0.25) is 5.91 Å². The van der Waals surface area contributed by atoms with Crippen LogP contribution in [0.4, 0.5) is 0 Å². The Hall–Kier alpha value is -2.08. The van der Waals surface area contributed by atoms with Crippen LogP contribution in [0.3, 0.4) is 0 Å². The Labute approximate surface area is 140 Å². The van der Waals surface area contributed by atoms with E-state index in [1.54, 1.807) is 6.07 Å². The molecule has 1 saturated heterocycles. The van der Waals surface area contributed by atoms with Crippen molar-refractivity contribution >= 4 is 17.0 Å². The number of likely N-dealkylation sites (tertiary alicyclic amines) is 1. The Morgan fingerprint density at radius 1 is 1.29 bits per heavy atom. The number of fused-ring (bicyclic) bond motifs is 1. The zero-order valence-electron chi connectivity index (χ0n) is 14.0. The van der Waals surface area contributed by atoms with Gasteiger partial charge in [0.05, 0.1) is 5.52 Å². The first-order valence-electron chi connectivity index (χ1n) is 8.55. The zero-order chi connectivity index (χ0) is 17.2. The van der Waals surface area contributed by atoms with Gasteiger partial charge in [-0.1, -0.05) is 19.1 Å². The molecule has 2 heterocycles. The molecule has 2 aromatic rings. The molecule has 1 amide bonds. The summed E-state index contributed by atoms with van der Waals surface area (Å²) >= 11 is 0. The SMILES string of the molecule is CCC1(CO)CCN(C(=O)CCn2c(=O)oc3ccccc32)CC1. The zero-order valence-corrected chi connectivity index (χ0v) is 14.0. The predicted molar refractivity (Wildman–Crippen MR) is 90.7 cm³/mol. The van der Waals surface area contributed by atoms with E-state index in [1.165, 1.54) is 4.57 Å². The summed E-state index contributed by atoms with van der Waals surface area (Å²) in [5, 5.41) is 9.57. The number of rotatable bonds is 5. The molecule has 0 unspecified atom stereocenters. The quantitative estimate of drug-likeness (QED) is 0.908. The third-order valence-corrected chi connectivity index (χ3v) is 5.39. The highest BCUT2D eigenvalue weighted by Gasteiger charge is 2.33. The van der Waals surface area contributed by atoms with Crippen LogP contribution in [0.1, 0.15) is 32.6 Å². The van der Waals surface area contributed by atoms with Gasteiger partial charge in [-0.05, 0) is 36.8 Å². The fourth-order valence-electron chi connectivity index (χ4n) is 3.45. The number of aromatic nitrogens is 1. The van der Waals surface area contributed by atoms with E-state index in [9.17, 15) is 14.7 Å². The molecule has 6 nitrogen and oxygen atoms in total. The summed E-state index contributed by atoms with van der Waals surface area (Å²) in [6.45, 7) is 3.94. The van der Waals surface area contributed by atoms with Crippen LogP contribution in [0.2, 0.25) is 0 Å². The third kappa shape index (κ3) is 3.11. The Kier molecular flexibility index (Phi) is 4.76. The topological polar surface area (TPSA) is 75.7 Å². The molecule has 3 rings (SSSR count). The van der Waals surface area contributed by atoms with Gasteiger partial charge in [0, 0.05) is 32.7 Å². The third-order valence-electron chi connectivity index (χ3n) is 5.39. The van der Waals surface area contributed by atoms with Crippen LogP contribution in [0, 0.1) is 5.41 Å². The summed E-state index contributed by atoms with van der Waals surface area (Å²) in [6, 6.07) is 7.23. The fraction of sp³-hybridized carbons (Fsp3) is 0.556. The van der Waals surface area contributed by atoms with Crippen molar-refractivity contribution in [1.29, 1.82) is 0 Å². The average molecular weight is 332 g/mol. The lowest BCUT2D eigenvalue weighted by atomic mass is 9.77. The van der Waals surface area contributed by atoms with Crippen LogP contribution in [0.25, 0.3) is 11.1 Å². The van der Waals surface area contributed by atoms with E-state index in [2.05, 4.69) is 6.92 Å². The molecule has 1 aliphatic heterocycles. The fourth-order valence-corrected chi connectivity index (χ4v) is 3.45. The molecule has 0 spiro atoms. The average Bonchev–Trinajstić information content (AvgIpc) is 2.95. The van der Waals surface area contributed by atoms with Crippen molar-refractivity contribution in [2.45, 2.75) is 39.2 Å². The number of piperidine rings is 1. The number of aliphatic hydroxyl groups is 1. The van der Waals surface area contributed by atoms with E-state index in [4.69, 9.17) is 4.42 Å². The van der Waals surface area contributed by atoms with Gasteiger partial charge in [-0.15, -0.1) is 0 Å². The van der Waals surface area contributed by atoms with Crippen LogP contribution in [-0.2, 0) is 11.3 Å². The van der Waals surface area contributed by atoms with E-state index in [-0.39, 0.29) is 24.3 Å². The number of aliphatic hydroxyl groups excluding tert-OH is 1. The van der Waals surface area contributed by atoms with Gasteiger partial charge in [-0.2, -0.15) is 0 Å². The van der Waals surface area contributed by atoms with Crippen molar-refractivity contribution in [2.75, 3.05) is 19.7 Å². The summed E-state index contributed by atoms with van der Waals surface area (Å²) in [5.41, 5.74) is 1.23. The molecule has 0 bridgehead atoms. The molecular formula is C18H24N2O4. The molecule has 0 atom stereocenters. The summed E-state index contributed by atoms with van der Waals surface area (Å²) in [7, 11) is 0. The summed E-state index contributed by atoms with van der Waals surface area (Å²) < 4.78 is 6.70. The lowest BCUT2D eigenvalue weighted by Crippen LogP contribution is -2.44. The summed E-state index contributed by atoms with van der Waals surface area (Å²) in [6.07, 6.45) is 2.88. The van der Waals surface area contributed by atoms with E-state index >= 15 is 0 Å². The first-order valence-corrected chi connectivity index (χ1v) is 8.55. The number of benzene rings is 1. The first kappa shape index (κ1) is 16.8. The Balaban J connectivity index is 1.62. The van der Waals surface area contributed by atoms with E-state index < -0.39 is 5.76 Å². The normalized spacial score (nSPS) is 17.3. The molecule has 1 fully saturated rings. The maximum atomic E-state index is 12.4. The minimum atomic E-state index is -0.423. The van der Waals surface area contributed by atoms with Gasteiger partial charge in [-0.3, -0.25) is 9.36 Å². The highest BCUT2D eigenvalue weighted by atomic mass is 16.4. The number of oxazole rings is 1. The van der Waals surface area contributed by atoms with Crippen LogP contribution in [0.15, 0.2) is 33.5 Å². The van der Waals surface area contributed by atoms with Crippen LogP contribution in [-0.4, -0.2) is 40.2 Å². The molecule has 6 heteroatoms. The number of carbonyl (C=O) groups is 1. The Bertz CT molecular complexity index is 763. The molecule has 0 aliphatic carbocycles. The lowest BCUT2D eigenvalue weighted by molar-refractivity contribution is -0.134. The van der Waals surface area contributed by atoms with Gasteiger partial charge in [0.1, 0.15) is 0 Å². The maximum absolute atomic E-state index is 12.4. The van der Waals surface area contributed by atoms with Crippen LogP contribution < -0.4 is 5.76 Å². The highest BCUT2D eigenvalue weighted by Crippen LogP contribution is 2.34. The molecule has 1 aliphatic rings. The van der Waals surface area contributed by atoms with E-state index in [0.29, 0.717) is 25.2 Å². The van der Waals surface area contributed by atoms with Crippen LogP contribution >= 0.6 is 0 Å². The van der Waals surface area contributed by atoms with Crippen LogP contribution in [0.5, 0.6) is 0 Å². The van der Waals surface area contributed by atoms with Crippen molar-refractivity contribution < 1.29 is 14.3 Å². The van der Waals surface area contributed by atoms with Crippen molar-refractivity contribution in [1.82, 2.24) is 9.47 Å². The van der Waals surface area contributed by atoms with Gasteiger partial charge >= 0.3 is 5.76 Å². The van der Waals surface area contributed by atoms with Gasteiger partial charge < -0.3 is 14.4 Å². The van der Waals surface area contributed by atoms with Crippen molar-refractivity contribution in [2.24, 2.45) is 5.41 Å². The Morgan fingerprint density at radius 2 is 2.00 bits per heavy atom. The summed E-state index contributed by atoms with van der Waals surface area (Å²) in [5.74, 6) is -0.372. The summed E-state index contributed by atoms with van der Waals surface area (Å²) in [4.78, 5) is 26.2. The number of para-hydroxylation sites is 2. The number of nitrogens with zero attached hydrogens (tertiary/aromatic N) is 2. The number of hydrogen-bond acceptors (Lipinski definition) is 4. The molecular weight excluding hydrogens is 308 g/mol. The van der Waals surface area contributed by atoms with Crippen molar-refractivity contribution in [3.8, 4) is 0 Å². The van der Waals surface area contributed by atoms with Gasteiger partial charge in [0.25, 0.3) is 0 Å². The number of aryl methyl sites for hydroxylation is 1. The molecule has 1 N–H and O–H groups in total. The monoisotopic (exact) mass is 332 g/mol. The number of amides is 1. The van der Waals surface area contributed by atoms with E-state index in [1.807, 2.05) is 23.1 Å². The predicted octanol–water partition coefficient (Wildman–Crippen LogP) is 2.00. The second-order valence-corrected chi connectivity index (χ2v) is 6.63. The smallest absolute Gasteiger partial charge is 0.408 e. The Morgan fingerprint density at radius 3 is 2.67 bits per heavy atom. The molecule has 1 aromatic heterocycles. The minimum absolute atomic E-state index is 0.0333. The second-order valence-electron chi connectivity index (χ2n) is 6.63. The maximum Gasteiger partial charge on any atom is 0.419 e. The minimum Gasteiger partial charge on any atom is -0.408 e. The van der Waals surface area contributed by atoms with E-state index in [0.717, 1.165) is 24.8 Å². The highest BCUT2D eigenvalue weighted by molar-refractivity contribution is 5.77. The molecule has 130 valence electrons. The van der Waals surface area contributed by atoms with Crippen molar-refractivity contribution in [3.63, 3.8) is 0 Å². The molecule has 0 radical (unpaired) electrons. The molecule has 1 aromatic carbocycles. The second kappa shape index (κ2) is 6.81. The standard InChI is InChI=1S/C18H24N2O4/c1-2-18(13-21)8-11-19(12-9-18)16(22)7-10-20-14-5-3-4-6-15(14)24-17(20)23/h3-6,21H,2,7-13H2,1H3. The van der Waals surface area contributed by atoms with Gasteiger partial charge in [-0.25, -0.2) is 4.79 Å². The molecule has 0 saturated carbocycles. The van der Waals surface area contributed by atoms with Crippen molar-refractivity contribution in [3.05, 3.63) is 34.8 Å². The largest absolute Gasteiger partial charge is 0.419 e. The molecule has 24 heavy (non-hydrogen) atoms.